The first-order chi connectivity index (χ1) is 11.7. The smallest absolute Gasteiger partial charge is 0.222 e. The van der Waals surface area contributed by atoms with Crippen LogP contribution in [-0.2, 0) is 6.54 Å². The average Bonchev–Trinajstić information content (AvgIpc) is 3.25. The normalized spacial score (nSPS) is 11.0. The highest BCUT2D eigenvalue weighted by Gasteiger charge is 2.13. The van der Waals surface area contributed by atoms with Crippen molar-refractivity contribution in [2.75, 3.05) is 11.1 Å². The largest absolute Gasteiger partial charge is 0.368 e. The van der Waals surface area contributed by atoms with Crippen LogP contribution < -0.4 is 11.1 Å². The molecule has 0 bridgehead atoms. The fraction of sp³-hybridized carbons (Fsp3) is 0.0667. The lowest BCUT2D eigenvalue weighted by Gasteiger charge is -2.11. The van der Waals surface area contributed by atoms with E-state index in [0.717, 1.165) is 17.0 Å². The van der Waals surface area contributed by atoms with Gasteiger partial charge in [0.2, 0.25) is 5.95 Å². The summed E-state index contributed by atoms with van der Waals surface area (Å²) >= 11 is 6.48. The van der Waals surface area contributed by atoms with Gasteiger partial charge in [0.05, 0.1) is 33.9 Å². The Morgan fingerprint density at radius 2 is 1.92 bits per heavy atom. The maximum atomic E-state index is 6.48. The lowest BCUT2D eigenvalue weighted by Crippen LogP contribution is -2.06. The van der Waals surface area contributed by atoms with E-state index in [-0.39, 0.29) is 5.95 Å². The molecule has 0 unspecified atom stereocenters. The maximum absolute atomic E-state index is 6.48. The highest BCUT2D eigenvalue weighted by atomic mass is 35.5. The topological polar surface area (TPSA) is 121 Å². The van der Waals surface area contributed by atoms with E-state index in [1.54, 1.807) is 12.4 Å². The molecule has 9 heteroatoms. The monoisotopic (exact) mass is 340 g/mol. The maximum Gasteiger partial charge on any atom is 0.222 e. The Labute approximate surface area is 141 Å². The standard InChI is InChI=1S/C15H13ClN8/c16-10-5-8(11-2-4-20-24-11)6-12-13(10)14(22-15(17)21-12)18-7-9-1-3-19-23-9/h1-6H,7H2,(H,19,23)(H,20,24)(H3,17,18,21,22). The number of halogens is 1. The van der Waals surface area contributed by atoms with E-state index in [2.05, 4.69) is 35.7 Å². The molecule has 0 aliphatic heterocycles. The Bertz CT molecular complexity index is 979. The van der Waals surface area contributed by atoms with Crippen molar-refractivity contribution in [3.63, 3.8) is 0 Å². The molecule has 0 saturated carbocycles. The number of H-pyrrole nitrogens is 2. The number of nitrogen functional groups attached to an aromatic ring is 1. The van der Waals surface area contributed by atoms with Gasteiger partial charge >= 0.3 is 0 Å². The quantitative estimate of drug-likeness (QED) is 0.453. The Kier molecular flexibility index (Phi) is 3.51. The van der Waals surface area contributed by atoms with Gasteiger partial charge in [-0.15, -0.1) is 0 Å². The van der Waals surface area contributed by atoms with Crippen LogP contribution in [0, 0.1) is 0 Å². The third-order valence-corrected chi connectivity index (χ3v) is 3.86. The number of benzene rings is 1. The molecule has 1 aromatic carbocycles. The number of fused-ring (bicyclic) bond motifs is 1. The predicted molar refractivity (Wildman–Crippen MR) is 92.5 cm³/mol. The van der Waals surface area contributed by atoms with Gasteiger partial charge in [-0.25, -0.2) is 4.98 Å². The summed E-state index contributed by atoms with van der Waals surface area (Å²) in [5.74, 6) is 0.737. The molecule has 4 aromatic rings. The predicted octanol–water partition coefficient (Wildman–Crippen LogP) is 2.59. The van der Waals surface area contributed by atoms with Crippen molar-refractivity contribution in [1.82, 2.24) is 30.4 Å². The van der Waals surface area contributed by atoms with Gasteiger partial charge in [-0.05, 0) is 24.3 Å². The summed E-state index contributed by atoms with van der Waals surface area (Å²) in [6.45, 7) is 0.493. The molecule has 0 radical (unpaired) electrons. The summed E-state index contributed by atoms with van der Waals surface area (Å²) < 4.78 is 0. The van der Waals surface area contributed by atoms with E-state index in [0.29, 0.717) is 28.3 Å². The lowest BCUT2D eigenvalue weighted by atomic mass is 10.1. The van der Waals surface area contributed by atoms with Crippen LogP contribution in [0.25, 0.3) is 22.2 Å². The Hall–Kier alpha value is -3.13. The highest BCUT2D eigenvalue weighted by molar-refractivity contribution is 6.36. The summed E-state index contributed by atoms with van der Waals surface area (Å²) in [4.78, 5) is 8.56. The van der Waals surface area contributed by atoms with E-state index in [1.165, 1.54) is 0 Å². The zero-order chi connectivity index (χ0) is 16.5. The third-order valence-electron chi connectivity index (χ3n) is 3.56. The van der Waals surface area contributed by atoms with E-state index in [1.807, 2.05) is 24.3 Å². The summed E-state index contributed by atoms with van der Waals surface area (Å²) in [5.41, 5.74) is 8.98. The van der Waals surface area contributed by atoms with E-state index < -0.39 is 0 Å². The molecule has 0 spiro atoms. The molecule has 0 fully saturated rings. The molecular formula is C15H13ClN8. The minimum Gasteiger partial charge on any atom is -0.368 e. The molecule has 0 saturated heterocycles. The third kappa shape index (κ3) is 2.63. The van der Waals surface area contributed by atoms with Gasteiger partial charge in [-0.2, -0.15) is 15.2 Å². The van der Waals surface area contributed by atoms with Crippen LogP contribution in [0.15, 0.2) is 36.7 Å². The van der Waals surface area contributed by atoms with Gasteiger partial charge in [0.1, 0.15) is 5.82 Å². The molecule has 120 valence electrons. The number of rotatable bonds is 4. The average molecular weight is 341 g/mol. The van der Waals surface area contributed by atoms with Crippen LogP contribution >= 0.6 is 11.6 Å². The number of aromatic amines is 2. The molecule has 3 aromatic heterocycles. The zero-order valence-electron chi connectivity index (χ0n) is 12.4. The van der Waals surface area contributed by atoms with Gasteiger partial charge < -0.3 is 11.1 Å². The van der Waals surface area contributed by atoms with Gasteiger partial charge in [-0.1, -0.05) is 11.6 Å². The van der Waals surface area contributed by atoms with Crippen LogP contribution in [-0.4, -0.2) is 30.4 Å². The second kappa shape index (κ2) is 5.82. The number of hydrogen-bond donors (Lipinski definition) is 4. The van der Waals surface area contributed by atoms with Crippen molar-refractivity contribution in [2.45, 2.75) is 6.54 Å². The van der Waals surface area contributed by atoms with Crippen LogP contribution in [0.5, 0.6) is 0 Å². The fourth-order valence-electron chi connectivity index (χ4n) is 2.49. The molecule has 0 aliphatic rings. The number of nitrogens with one attached hydrogen (secondary N) is 3. The van der Waals surface area contributed by atoms with Crippen molar-refractivity contribution >= 4 is 34.3 Å². The van der Waals surface area contributed by atoms with Crippen LogP contribution in [0.3, 0.4) is 0 Å². The summed E-state index contributed by atoms with van der Waals surface area (Å²) in [7, 11) is 0. The van der Waals surface area contributed by atoms with Crippen molar-refractivity contribution in [1.29, 1.82) is 0 Å². The summed E-state index contributed by atoms with van der Waals surface area (Å²) in [6.07, 6.45) is 3.51. The van der Waals surface area contributed by atoms with E-state index in [4.69, 9.17) is 17.3 Å². The molecule has 8 nitrogen and oxygen atoms in total. The van der Waals surface area contributed by atoms with Gasteiger partial charge in [0, 0.05) is 18.0 Å². The molecular weight excluding hydrogens is 328 g/mol. The number of aromatic nitrogens is 6. The van der Waals surface area contributed by atoms with Crippen LogP contribution in [0.2, 0.25) is 5.02 Å². The Morgan fingerprint density at radius 3 is 2.67 bits per heavy atom. The molecule has 5 N–H and O–H groups in total. The molecule has 0 aliphatic carbocycles. The number of anilines is 2. The van der Waals surface area contributed by atoms with Crippen molar-refractivity contribution in [3.8, 4) is 11.3 Å². The van der Waals surface area contributed by atoms with Crippen LogP contribution in [0.4, 0.5) is 11.8 Å². The fourth-order valence-corrected chi connectivity index (χ4v) is 2.80. The van der Waals surface area contributed by atoms with E-state index in [9.17, 15) is 0 Å². The van der Waals surface area contributed by atoms with Crippen molar-refractivity contribution in [3.05, 3.63) is 47.4 Å². The minimum atomic E-state index is 0.169. The second-order valence-corrected chi connectivity index (χ2v) is 5.57. The van der Waals surface area contributed by atoms with Gasteiger partial charge in [0.25, 0.3) is 0 Å². The van der Waals surface area contributed by atoms with E-state index >= 15 is 0 Å². The number of nitrogens with zero attached hydrogens (tertiary/aromatic N) is 4. The molecule has 4 rings (SSSR count). The zero-order valence-corrected chi connectivity index (χ0v) is 13.2. The first kappa shape index (κ1) is 14.5. The first-order valence-corrected chi connectivity index (χ1v) is 7.58. The van der Waals surface area contributed by atoms with Crippen LogP contribution in [0.1, 0.15) is 5.69 Å². The Balaban J connectivity index is 1.79. The van der Waals surface area contributed by atoms with Gasteiger partial charge in [-0.3, -0.25) is 10.2 Å². The molecule has 0 amide bonds. The number of hydrogen-bond acceptors (Lipinski definition) is 6. The summed E-state index contributed by atoms with van der Waals surface area (Å²) in [6, 6.07) is 7.45. The second-order valence-electron chi connectivity index (χ2n) is 5.16. The lowest BCUT2D eigenvalue weighted by molar-refractivity contribution is 0.975. The van der Waals surface area contributed by atoms with Gasteiger partial charge in [0.15, 0.2) is 0 Å². The summed E-state index contributed by atoms with van der Waals surface area (Å²) in [5, 5.41) is 18.2. The molecule has 24 heavy (non-hydrogen) atoms. The first-order valence-electron chi connectivity index (χ1n) is 7.20. The highest BCUT2D eigenvalue weighted by Crippen LogP contribution is 2.33. The molecule has 3 heterocycles. The Morgan fingerprint density at radius 1 is 1.08 bits per heavy atom. The van der Waals surface area contributed by atoms with Crippen molar-refractivity contribution in [2.24, 2.45) is 0 Å². The minimum absolute atomic E-state index is 0.169. The van der Waals surface area contributed by atoms with Crippen molar-refractivity contribution < 1.29 is 0 Å². The SMILES string of the molecule is Nc1nc(NCc2cc[nH]n2)c2c(Cl)cc(-c3cc[nH]n3)cc2n1. The molecule has 0 atom stereocenters. The number of nitrogens with two attached hydrogens (primary N) is 1.